The number of benzene rings is 1. The topological polar surface area (TPSA) is 83.9 Å². The number of nitrogens with zero attached hydrogens (tertiary/aromatic N) is 1. The van der Waals surface area contributed by atoms with Crippen LogP contribution in [0, 0.1) is 5.92 Å². The molecule has 1 N–H and O–H groups in total. The van der Waals surface area contributed by atoms with Crippen LogP contribution in [-0.4, -0.2) is 44.2 Å². The quantitative estimate of drug-likeness (QED) is 0.855. The summed E-state index contributed by atoms with van der Waals surface area (Å²) >= 11 is 5.71. The van der Waals surface area contributed by atoms with E-state index in [2.05, 4.69) is 0 Å². The Kier molecular flexibility index (Phi) is 5.08. The third-order valence-electron chi connectivity index (χ3n) is 3.35. The molecule has 8 heteroatoms. The van der Waals surface area contributed by atoms with E-state index in [4.69, 9.17) is 20.9 Å². The number of amides is 1. The van der Waals surface area contributed by atoms with Gasteiger partial charge in [-0.05, 0) is 37.1 Å². The number of carbonyl (C=O) groups is 1. The van der Waals surface area contributed by atoms with Gasteiger partial charge in [0.2, 0.25) is 0 Å². The van der Waals surface area contributed by atoms with E-state index in [9.17, 15) is 13.2 Å². The van der Waals surface area contributed by atoms with Gasteiger partial charge in [0.15, 0.2) is 0 Å². The SMILES string of the molecule is O=C(O)N1CCC[C@H](COS(=O)(=O)c2ccc(Cl)cc2)C1. The molecule has 0 aromatic heterocycles. The van der Waals surface area contributed by atoms with E-state index in [0.717, 1.165) is 6.42 Å². The fourth-order valence-corrected chi connectivity index (χ4v) is 3.33. The molecule has 1 heterocycles. The molecule has 0 bridgehead atoms. The zero-order valence-corrected chi connectivity index (χ0v) is 12.8. The second-order valence-corrected chi connectivity index (χ2v) is 6.98. The van der Waals surface area contributed by atoms with Gasteiger partial charge in [0.05, 0.1) is 11.5 Å². The zero-order valence-electron chi connectivity index (χ0n) is 11.2. The van der Waals surface area contributed by atoms with Gasteiger partial charge in [-0.1, -0.05) is 11.6 Å². The largest absolute Gasteiger partial charge is 0.465 e. The van der Waals surface area contributed by atoms with Crippen LogP contribution in [0.2, 0.25) is 5.02 Å². The molecule has 1 aromatic carbocycles. The molecular formula is C13H16ClNO5S. The number of rotatable bonds is 4. The smallest absolute Gasteiger partial charge is 0.407 e. The fraction of sp³-hybridized carbons (Fsp3) is 0.462. The molecule has 21 heavy (non-hydrogen) atoms. The van der Waals surface area contributed by atoms with Gasteiger partial charge < -0.3 is 10.0 Å². The number of piperidine rings is 1. The monoisotopic (exact) mass is 333 g/mol. The summed E-state index contributed by atoms with van der Waals surface area (Å²) < 4.78 is 29.0. The molecule has 6 nitrogen and oxygen atoms in total. The second kappa shape index (κ2) is 6.64. The minimum Gasteiger partial charge on any atom is -0.465 e. The van der Waals surface area contributed by atoms with Gasteiger partial charge in [-0.15, -0.1) is 0 Å². The highest BCUT2D eigenvalue weighted by Crippen LogP contribution is 2.20. The fourth-order valence-electron chi connectivity index (χ4n) is 2.23. The highest BCUT2D eigenvalue weighted by Gasteiger charge is 2.25. The molecule has 0 radical (unpaired) electrons. The summed E-state index contributed by atoms with van der Waals surface area (Å²) in [5, 5.41) is 9.39. The van der Waals surface area contributed by atoms with Crippen LogP contribution >= 0.6 is 11.6 Å². The van der Waals surface area contributed by atoms with E-state index < -0.39 is 16.2 Å². The first-order chi connectivity index (χ1) is 9.88. The summed E-state index contributed by atoms with van der Waals surface area (Å²) in [7, 11) is -3.84. The highest BCUT2D eigenvalue weighted by atomic mass is 35.5. The molecule has 1 amide bonds. The molecule has 1 aromatic rings. The Morgan fingerprint density at radius 2 is 2.05 bits per heavy atom. The van der Waals surface area contributed by atoms with Crippen LogP contribution in [0.25, 0.3) is 0 Å². The third-order valence-corrected chi connectivity index (χ3v) is 4.90. The Bertz CT molecular complexity index is 601. The first-order valence-electron chi connectivity index (χ1n) is 6.51. The van der Waals surface area contributed by atoms with Crippen molar-refractivity contribution in [3.63, 3.8) is 0 Å². The molecule has 0 aliphatic carbocycles. The summed E-state index contributed by atoms with van der Waals surface area (Å²) in [6.45, 7) is 0.760. The zero-order chi connectivity index (χ0) is 15.5. The van der Waals surface area contributed by atoms with Crippen LogP contribution in [0.15, 0.2) is 29.2 Å². The van der Waals surface area contributed by atoms with E-state index in [1.807, 2.05) is 0 Å². The van der Waals surface area contributed by atoms with Crippen LogP contribution in [0.1, 0.15) is 12.8 Å². The molecule has 1 saturated heterocycles. The van der Waals surface area contributed by atoms with Crippen molar-refractivity contribution in [1.29, 1.82) is 0 Å². The molecule has 1 fully saturated rings. The minimum atomic E-state index is -3.84. The molecule has 1 aliphatic heterocycles. The van der Waals surface area contributed by atoms with E-state index in [-0.39, 0.29) is 17.4 Å². The van der Waals surface area contributed by atoms with Crippen LogP contribution in [-0.2, 0) is 14.3 Å². The van der Waals surface area contributed by atoms with Crippen LogP contribution in [0.3, 0.4) is 0 Å². The van der Waals surface area contributed by atoms with Crippen LogP contribution in [0.4, 0.5) is 4.79 Å². The summed E-state index contributed by atoms with van der Waals surface area (Å²) in [6.07, 6.45) is 0.474. The van der Waals surface area contributed by atoms with Crippen molar-refractivity contribution < 1.29 is 22.5 Å². The molecule has 0 unspecified atom stereocenters. The first kappa shape index (κ1) is 16.1. The predicted molar refractivity (Wildman–Crippen MR) is 76.9 cm³/mol. The molecule has 1 atom stereocenters. The van der Waals surface area contributed by atoms with E-state index >= 15 is 0 Å². The number of halogens is 1. The Hall–Kier alpha value is -1.31. The van der Waals surface area contributed by atoms with Gasteiger partial charge >= 0.3 is 6.09 Å². The molecule has 0 saturated carbocycles. The van der Waals surface area contributed by atoms with Crippen molar-refractivity contribution in [2.75, 3.05) is 19.7 Å². The molecule has 2 rings (SSSR count). The lowest BCUT2D eigenvalue weighted by atomic mass is 10.00. The molecular weight excluding hydrogens is 318 g/mol. The average molecular weight is 334 g/mol. The Morgan fingerprint density at radius 3 is 2.67 bits per heavy atom. The van der Waals surface area contributed by atoms with Crippen molar-refractivity contribution >= 4 is 27.8 Å². The normalized spacial score (nSPS) is 19.5. The highest BCUT2D eigenvalue weighted by molar-refractivity contribution is 7.86. The summed E-state index contributed by atoms with van der Waals surface area (Å²) in [4.78, 5) is 12.2. The van der Waals surface area contributed by atoms with Crippen molar-refractivity contribution in [1.82, 2.24) is 4.90 Å². The second-order valence-electron chi connectivity index (χ2n) is 4.93. The molecule has 116 valence electrons. The number of hydrogen-bond donors (Lipinski definition) is 1. The number of likely N-dealkylation sites (tertiary alicyclic amines) is 1. The minimum absolute atomic E-state index is 0.0191. The third kappa shape index (κ3) is 4.33. The Balaban J connectivity index is 1.95. The Morgan fingerprint density at radius 1 is 1.38 bits per heavy atom. The maximum Gasteiger partial charge on any atom is 0.407 e. The predicted octanol–water partition coefficient (Wildman–Crippen LogP) is 2.44. The van der Waals surface area contributed by atoms with Gasteiger partial charge in [-0.3, -0.25) is 4.18 Å². The molecule has 1 aliphatic rings. The summed E-state index contributed by atoms with van der Waals surface area (Å²) in [5.41, 5.74) is 0. The lowest BCUT2D eigenvalue weighted by Gasteiger charge is -2.30. The van der Waals surface area contributed by atoms with Crippen molar-refractivity contribution in [3.05, 3.63) is 29.3 Å². The maximum absolute atomic E-state index is 12.0. The van der Waals surface area contributed by atoms with Gasteiger partial charge in [0, 0.05) is 24.0 Å². The number of carboxylic acid groups (broad SMARTS) is 1. The first-order valence-corrected chi connectivity index (χ1v) is 8.30. The van der Waals surface area contributed by atoms with E-state index in [0.29, 0.717) is 24.5 Å². The maximum atomic E-state index is 12.0. The lowest BCUT2D eigenvalue weighted by Crippen LogP contribution is -2.40. The summed E-state index contributed by atoms with van der Waals surface area (Å²) in [5.74, 6) is -0.114. The van der Waals surface area contributed by atoms with Crippen LogP contribution in [0.5, 0.6) is 0 Å². The average Bonchev–Trinajstić information content (AvgIpc) is 2.46. The van der Waals surface area contributed by atoms with Crippen molar-refractivity contribution in [3.8, 4) is 0 Å². The standard InChI is InChI=1S/C13H16ClNO5S/c14-11-3-5-12(6-4-11)21(18,19)20-9-10-2-1-7-15(8-10)13(16)17/h3-6,10H,1-2,7-9H2,(H,16,17)/t10-/m0/s1. The van der Waals surface area contributed by atoms with Gasteiger partial charge in [-0.2, -0.15) is 8.42 Å². The van der Waals surface area contributed by atoms with Gasteiger partial charge in [0.25, 0.3) is 10.1 Å². The molecule has 0 spiro atoms. The van der Waals surface area contributed by atoms with E-state index in [1.54, 1.807) is 0 Å². The van der Waals surface area contributed by atoms with Crippen LogP contribution < -0.4 is 0 Å². The number of hydrogen-bond acceptors (Lipinski definition) is 4. The van der Waals surface area contributed by atoms with Crippen molar-refractivity contribution in [2.24, 2.45) is 5.92 Å². The van der Waals surface area contributed by atoms with Gasteiger partial charge in [-0.25, -0.2) is 4.79 Å². The van der Waals surface area contributed by atoms with Crippen molar-refractivity contribution in [2.45, 2.75) is 17.7 Å². The van der Waals surface area contributed by atoms with E-state index in [1.165, 1.54) is 29.2 Å². The summed E-state index contributed by atoms with van der Waals surface area (Å²) in [6, 6.07) is 5.71. The van der Waals surface area contributed by atoms with Gasteiger partial charge in [0.1, 0.15) is 0 Å². The Labute approximate surface area is 128 Å². The lowest BCUT2D eigenvalue weighted by molar-refractivity contribution is 0.106.